The third kappa shape index (κ3) is 7.13. The first-order valence-corrected chi connectivity index (χ1v) is 10.8. The van der Waals surface area contributed by atoms with Gasteiger partial charge in [0, 0.05) is 37.8 Å². The lowest BCUT2D eigenvalue weighted by molar-refractivity contribution is -0.141. The van der Waals surface area contributed by atoms with Gasteiger partial charge in [-0.25, -0.2) is 4.98 Å². The summed E-state index contributed by atoms with van der Waals surface area (Å²) < 4.78 is 45.3. The molecule has 0 bridgehead atoms. The number of alkyl halides is 3. The number of aromatic nitrogens is 2. The molecule has 0 aliphatic carbocycles. The van der Waals surface area contributed by atoms with Crippen LogP contribution in [0.1, 0.15) is 48.2 Å². The molecule has 0 unspecified atom stereocenters. The molecule has 1 saturated heterocycles. The average molecular weight is 477 g/mol. The second-order valence-corrected chi connectivity index (χ2v) is 9.22. The molecule has 182 valence electrons. The van der Waals surface area contributed by atoms with Gasteiger partial charge in [-0.1, -0.05) is 32.9 Å². The number of benzene rings is 1. The number of nitrogens with zero attached hydrogens (tertiary/aromatic N) is 5. The van der Waals surface area contributed by atoms with E-state index >= 15 is 0 Å². The fraction of sp³-hybridized carbons (Fsp3) is 0.478. The number of amides is 1. The number of carbonyl (C=O) groups excluding carboxylic acids is 1. The second kappa shape index (κ2) is 10.4. The van der Waals surface area contributed by atoms with Crippen molar-refractivity contribution in [1.29, 1.82) is 5.26 Å². The van der Waals surface area contributed by atoms with E-state index < -0.39 is 29.0 Å². The first-order chi connectivity index (χ1) is 15.9. The Kier molecular flexibility index (Phi) is 7.74. The third-order valence-corrected chi connectivity index (χ3v) is 4.97. The predicted octanol–water partition coefficient (Wildman–Crippen LogP) is 3.40. The maximum absolute atomic E-state index is 13.3. The van der Waals surface area contributed by atoms with Crippen molar-refractivity contribution in [1.82, 2.24) is 20.3 Å². The Morgan fingerprint density at radius 1 is 1.18 bits per heavy atom. The van der Waals surface area contributed by atoms with Crippen LogP contribution in [0.15, 0.2) is 30.3 Å². The Bertz CT molecular complexity index is 1040. The molecule has 0 spiro atoms. The maximum Gasteiger partial charge on any atom is 0.433 e. The zero-order chi connectivity index (χ0) is 24.9. The maximum atomic E-state index is 13.3. The van der Waals surface area contributed by atoms with Crippen molar-refractivity contribution in [3.05, 3.63) is 53.0 Å². The Morgan fingerprint density at radius 2 is 1.82 bits per heavy atom. The van der Waals surface area contributed by atoms with Crippen molar-refractivity contribution in [2.24, 2.45) is 5.41 Å². The van der Waals surface area contributed by atoms with Gasteiger partial charge < -0.3 is 4.74 Å². The van der Waals surface area contributed by atoms with Gasteiger partial charge >= 0.3 is 6.18 Å². The molecule has 8 nitrogen and oxygen atoms in total. The molecule has 34 heavy (non-hydrogen) atoms. The Labute approximate surface area is 196 Å². The molecule has 0 atom stereocenters. The van der Waals surface area contributed by atoms with E-state index in [1.807, 2.05) is 32.9 Å². The molecule has 11 heteroatoms. The highest BCUT2D eigenvalue weighted by atomic mass is 19.4. The van der Waals surface area contributed by atoms with Crippen LogP contribution in [-0.2, 0) is 17.5 Å². The largest absolute Gasteiger partial charge is 0.433 e. The van der Waals surface area contributed by atoms with Gasteiger partial charge in [0.25, 0.3) is 5.91 Å². The van der Waals surface area contributed by atoms with E-state index in [0.29, 0.717) is 18.8 Å². The number of hydrogen-bond acceptors (Lipinski definition) is 7. The summed E-state index contributed by atoms with van der Waals surface area (Å²) in [5.41, 5.74) is 2.35. The van der Waals surface area contributed by atoms with Crippen molar-refractivity contribution in [3.8, 4) is 6.07 Å². The lowest BCUT2D eigenvalue weighted by atomic mass is 9.96. The number of carbonyl (C=O) groups is 1. The molecular weight excluding hydrogens is 449 g/mol. The van der Waals surface area contributed by atoms with Crippen LogP contribution >= 0.6 is 0 Å². The Hall–Kier alpha value is -3.23. The zero-order valence-electron chi connectivity index (χ0n) is 19.3. The standard InChI is InChI=1S/C23H27F3N6O2/c1-22(2,3)15-32(20-12-18(23(24,25)26)28-19(13-27)29-20)30-21(33)17-6-4-16(5-7-17)14-31-8-10-34-11-9-31/h4-7,12H,8-11,14-15H2,1-3H3,(H,30,33). The summed E-state index contributed by atoms with van der Waals surface area (Å²) in [5.74, 6) is -1.36. The number of morpholine rings is 1. The molecule has 1 aromatic heterocycles. The van der Waals surface area contributed by atoms with Crippen molar-refractivity contribution in [2.75, 3.05) is 37.9 Å². The van der Waals surface area contributed by atoms with Crippen LogP contribution in [0.2, 0.25) is 0 Å². The highest BCUT2D eigenvalue weighted by Crippen LogP contribution is 2.30. The number of nitrogens with one attached hydrogen (secondary N) is 1. The quantitative estimate of drug-likeness (QED) is 0.639. The zero-order valence-corrected chi connectivity index (χ0v) is 19.3. The number of halogens is 3. The smallest absolute Gasteiger partial charge is 0.379 e. The van der Waals surface area contributed by atoms with E-state index in [4.69, 9.17) is 10.00 Å². The van der Waals surface area contributed by atoms with E-state index in [1.165, 1.54) is 5.01 Å². The minimum atomic E-state index is -4.77. The highest BCUT2D eigenvalue weighted by molar-refractivity contribution is 5.95. The van der Waals surface area contributed by atoms with Gasteiger partial charge in [-0.15, -0.1) is 0 Å². The van der Waals surface area contributed by atoms with Crippen molar-refractivity contribution >= 4 is 11.7 Å². The summed E-state index contributed by atoms with van der Waals surface area (Å²) in [6.45, 7) is 9.54. The summed E-state index contributed by atoms with van der Waals surface area (Å²) in [6, 6.07) is 9.30. The van der Waals surface area contributed by atoms with Crippen LogP contribution in [0, 0.1) is 16.7 Å². The number of nitriles is 1. The van der Waals surface area contributed by atoms with Gasteiger partial charge in [0.2, 0.25) is 5.82 Å². The van der Waals surface area contributed by atoms with E-state index in [9.17, 15) is 18.0 Å². The molecule has 0 radical (unpaired) electrons. The van der Waals surface area contributed by atoms with E-state index in [0.717, 1.165) is 31.3 Å². The molecule has 1 amide bonds. The van der Waals surface area contributed by atoms with Crippen LogP contribution in [0.3, 0.4) is 0 Å². The number of hydrazine groups is 1. The molecule has 0 saturated carbocycles. The lowest BCUT2D eigenvalue weighted by Gasteiger charge is -2.31. The monoisotopic (exact) mass is 476 g/mol. The molecule has 1 aromatic carbocycles. The first kappa shape index (κ1) is 25.4. The minimum absolute atomic E-state index is 0.146. The van der Waals surface area contributed by atoms with Crippen molar-refractivity contribution < 1.29 is 22.7 Å². The summed E-state index contributed by atoms with van der Waals surface area (Å²) in [4.78, 5) is 22.3. The molecular formula is C23H27F3N6O2. The summed E-state index contributed by atoms with van der Waals surface area (Å²) in [7, 11) is 0. The van der Waals surface area contributed by atoms with Crippen LogP contribution in [0.4, 0.5) is 19.0 Å². The molecule has 2 heterocycles. The van der Waals surface area contributed by atoms with Crippen LogP contribution in [0.25, 0.3) is 0 Å². The molecule has 3 rings (SSSR count). The van der Waals surface area contributed by atoms with E-state index in [-0.39, 0.29) is 12.4 Å². The first-order valence-electron chi connectivity index (χ1n) is 10.8. The predicted molar refractivity (Wildman–Crippen MR) is 119 cm³/mol. The lowest BCUT2D eigenvalue weighted by Crippen LogP contribution is -2.47. The Morgan fingerprint density at radius 3 is 2.38 bits per heavy atom. The fourth-order valence-corrected chi connectivity index (χ4v) is 3.39. The van der Waals surface area contributed by atoms with E-state index in [1.54, 1.807) is 18.2 Å². The number of anilines is 1. The average Bonchev–Trinajstić information content (AvgIpc) is 2.78. The molecule has 1 aliphatic rings. The SMILES string of the molecule is CC(C)(C)CN(NC(=O)c1ccc(CN2CCOCC2)cc1)c1cc(C(F)(F)F)nc(C#N)n1. The topological polar surface area (TPSA) is 94.4 Å². The second-order valence-electron chi connectivity index (χ2n) is 9.22. The van der Waals surface area contributed by atoms with Gasteiger partial charge in [0.1, 0.15) is 6.07 Å². The molecule has 1 fully saturated rings. The summed E-state index contributed by atoms with van der Waals surface area (Å²) in [6.07, 6.45) is -4.77. The molecule has 2 aromatic rings. The van der Waals surface area contributed by atoms with Crippen LogP contribution in [0.5, 0.6) is 0 Å². The van der Waals surface area contributed by atoms with Gasteiger partial charge in [-0.2, -0.15) is 23.4 Å². The minimum Gasteiger partial charge on any atom is -0.379 e. The van der Waals surface area contributed by atoms with E-state index in [2.05, 4.69) is 20.3 Å². The van der Waals surface area contributed by atoms with Gasteiger partial charge in [0.15, 0.2) is 11.5 Å². The van der Waals surface area contributed by atoms with Crippen molar-refractivity contribution in [3.63, 3.8) is 0 Å². The number of rotatable bonds is 6. The summed E-state index contributed by atoms with van der Waals surface area (Å²) >= 11 is 0. The Balaban J connectivity index is 1.81. The highest BCUT2D eigenvalue weighted by Gasteiger charge is 2.35. The van der Waals surface area contributed by atoms with Gasteiger partial charge in [-0.3, -0.25) is 20.1 Å². The van der Waals surface area contributed by atoms with Gasteiger partial charge in [0.05, 0.1) is 13.2 Å². The molecule has 1 aliphatic heterocycles. The normalized spacial score (nSPS) is 15.0. The van der Waals surface area contributed by atoms with Crippen molar-refractivity contribution in [2.45, 2.75) is 33.5 Å². The summed E-state index contributed by atoms with van der Waals surface area (Å²) in [5, 5.41) is 10.3. The van der Waals surface area contributed by atoms with Crippen LogP contribution < -0.4 is 10.4 Å². The third-order valence-electron chi connectivity index (χ3n) is 4.97. The van der Waals surface area contributed by atoms with Gasteiger partial charge in [-0.05, 0) is 23.1 Å². The molecule has 1 N–H and O–H groups in total. The number of ether oxygens (including phenoxy) is 1. The fourth-order valence-electron chi connectivity index (χ4n) is 3.39. The van der Waals surface area contributed by atoms with Crippen LogP contribution in [-0.4, -0.2) is 53.6 Å². The number of hydrogen-bond donors (Lipinski definition) is 1.